The molecule has 2 heterocycles. The lowest BCUT2D eigenvalue weighted by Crippen LogP contribution is -2.42. The van der Waals surface area contributed by atoms with Gasteiger partial charge in [0.15, 0.2) is 0 Å². The zero-order valence-corrected chi connectivity index (χ0v) is 14.0. The maximum atomic E-state index is 4.51. The van der Waals surface area contributed by atoms with Crippen LogP contribution < -0.4 is 10.6 Å². The second-order valence-corrected chi connectivity index (χ2v) is 6.36. The Kier molecular flexibility index (Phi) is 5.39. The summed E-state index contributed by atoms with van der Waals surface area (Å²) in [6.07, 6.45) is 3.98. The van der Waals surface area contributed by atoms with Crippen LogP contribution >= 0.6 is 0 Å². The zero-order chi connectivity index (χ0) is 15.4. The Labute approximate surface area is 128 Å². The Morgan fingerprint density at radius 2 is 2.05 bits per heavy atom. The summed E-state index contributed by atoms with van der Waals surface area (Å²) >= 11 is 0. The highest BCUT2D eigenvalue weighted by Crippen LogP contribution is 2.30. The summed E-state index contributed by atoms with van der Waals surface area (Å²) in [6.45, 7) is 10.8. The number of aromatic nitrogens is 2. The van der Waals surface area contributed by atoms with E-state index in [1.54, 1.807) is 6.33 Å². The molecule has 1 fully saturated rings. The van der Waals surface area contributed by atoms with Crippen LogP contribution in [0, 0.1) is 0 Å². The van der Waals surface area contributed by atoms with E-state index in [0.717, 1.165) is 31.1 Å². The predicted octanol–water partition coefficient (Wildman–Crippen LogP) is 2.93. The lowest BCUT2D eigenvalue weighted by molar-refractivity contribution is 0.190. The third kappa shape index (κ3) is 3.84. The summed E-state index contributed by atoms with van der Waals surface area (Å²) in [6, 6.07) is 1.12. The predicted molar refractivity (Wildman–Crippen MR) is 89.0 cm³/mol. The molecule has 1 aromatic rings. The summed E-state index contributed by atoms with van der Waals surface area (Å²) < 4.78 is 0. The van der Waals surface area contributed by atoms with Gasteiger partial charge in [0.1, 0.15) is 18.0 Å². The molecular weight excluding hydrogens is 262 g/mol. The summed E-state index contributed by atoms with van der Waals surface area (Å²) in [5.74, 6) is 2.36. The lowest BCUT2D eigenvalue weighted by Gasteiger charge is -2.36. The van der Waals surface area contributed by atoms with E-state index in [0.29, 0.717) is 18.0 Å². The van der Waals surface area contributed by atoms with E-state index in [1.165, 1.54) is 12.0 Å². The van der Waals surface area contributed by atoms with Gasteiger partial charge in [0.05, 0.1) is 0 Å². The van der Waals surface area contributed by atoms with Crippen LogP contribution in [0.2, 0.25) is 0 Å². The molecule has 1 saturated heterocycles. The Hall–Kier alpha value is -1.36. The molecular formula is C16H29N5. The molecule has 118 valence electrons. The highest BCUT2D eigenvalue weighted by Gasteiger charge is 2.24. The summed E-state index contributed by atoms with van der Waals surface area (Å²) in [5, 5.41) is 7.01. The highest BCUT2D eigenvalue weighted by atomic mass is 15.2. The van der Waals surface area contributed by atoms with Gasteiger partial charge in [0.25, 0.3) is 0 Å². The molecule has 0 bridgehead atoms. The van der Waals surface area contributed by atoms with Gasteiger partial charge in [-0.15, -0.1) is 0 Å². The molecule has 1 aromatic heterocycles. The molecule has 21 heavy (non-hydrogen) atoms. The fourth-order valence-corrected chi connectivity index (χ4v) is 2.98. The van der Waals surface area contributed by atoms with E-state index in [1.807, 2.05) is 0 Å². The second-order valence-electron chi connectivity index (χ2n) is 6.36. The van der Waals surface area contributed by atoms with Crippen molar-refractivity contribution in [1.29, 1.82) is 0 Å². The Bertz CT molecular complexity index is 460. The molecule has 0 spiro atoms. The topological polar surface area (TPSA) is 53.1 Å². The van der Waals surface area contributed by atoms with Crippen molar-refractivity contribution in [2.45, 2.75) is 58.5 Å². The summed E-state index contributed by atoms with van der Waals surface area (Å²) in [7, 11) is 2.20. The molecule has 0 aromatic carbocycles. The van der Waals surface area contributed by atoms with Crippen molar-refractivity contribution in [2.24, 2.45) is 0 Å². The number of hydrogen-bond donors (Lipinski definition) is 2. The monoisotopic (exact) mass is 291 g/mol. The summed E-state index contributed by atoms with van der Waals surface area (Å²) in [4.78, 5) is 11.3. The fourth-order valence-electron chi connectivity index (χ4n) is 2.98. The number of piperidine rings is 1. The maximum Gasteiger partial charge on any atom is 0.135 e. The van der Waals surface area contributed by atoms with Gasteiger partial charge >= 0.3 is 0 Å². The number of anilines is 2. The highest BCUT2D eigenvalue weighted by molar-refractivity contribution is 5.59. The van der Waals surface area contributed by atoms with Crippen molar-refractivity contribution in [3.63, 3.8) is 0 Å². The first kappa shape index (κ1) is 16.0. The third-order valence-electron chi connectivity index (χ3n) is 4.35. The van der Waals surface area contributed by atoms with E-state index in [9.17, 15) is 0 Å². The maximum absolute atomic E-state index is 4.51. The lowest BCUT2D eigenvalue weighted by atomic mass is 9.98. The van der Waals surface area contributed by atoms with Crippen molar-refractivity contribution in [3.05, 3.63) is 11.9 Å². The number of rotatable bonds is 5. The van der Waals surface area contributed by atoms with Crippen LogP contribution in [0.3, 0.4) is 0 Å². The van der Waals surface area contributed by atoms with Crippen LogP contribution in [0.1, 0.15) is 52.0 Å². The normalized spacial score (nSPS) is 23.3. The van der Waals surface area contributed by atoms with Crippen LogP contribution in [0.25, 0.3) is 0 Å². The minimum Gasteiger partial charge on any atom is -0.370 e. The molecule has 2 N–H and O–H groups in total. The fraction of sp³-hybridized carbons (Fsp3) is 0.750. The second kappa shape index (κ2) is 7.07. The van der Waals surface area contributed by atoms with Crippen LogP contribution in [0.15, 0.2) is 6.33 Å². The standard InChI is InChI=1S/C16H29N5/c1-6-17-15-14(11(2)3)16(19-10-18-15)20-13-7-8-21(5)12(4)9-13/h10-13H,6-9H2,1-5H3,(H2,17,18,19,20). The van der Waals surface area contributed by atoms with Gasteiger partial charge in [-0.05, 0) is 39.7 Å². The van der Waals surface area contributed by atoms with Crippen molar-refractivity contribution < 1.29 is 0 Å². The van der Waals surface area contributed by atoms with E-state index >= 15 is 0 Å². The molecule has 2 rings (SSSR count). The molecule has 5 nitrogen and oxygen atoms in total. The first-order valence-corrected chi connectivity index (χ1v) is 8.08. The van der Waals surface area contributed by atoms with Gasteiger partial charge < -0.3 is 15.5 Å². The van der Waals surface area contributed by atoms with Crippen molar-refractivity contribution in [2.75, 3.05) is 30.8 Å². The van der Waals surface area contributed by atoms with Crippen LogP contribution in [0.4, 0.5) is 11.6 Å². The molecule has 1 aliphatic heterocycles. The van der Waals surface area contributed by atoms with Gasteiger partial charge in [0, 0.05) is 30.7 Å². The SMILES string of the molecule is CCNc1ncnc(NC2CCN(C)C(C)C2)c1C(C)C. The first-order chi connectivity index (χ1) is 10.0. The van der Waals surface area contributed by atoms with Crippen molar-refractivity contribution >= 4 is 11.6 Å². The molecule has 0 aliphatic carbocycles. The molecule has 2 atom stereocenters. The van der Waals surface area contributed by atoms with Crippen molar-refractivity contribution in [3.8, 4) is 0 Å². The molecule has 2 unspecified atom stereocenters. The average molecular weight is 291 g/mol. The van der Waals surface area contributed by atoms with Gasteiger partial charge in [-0.3, -0.25) is 0 Å². The minimum absolute atomic E-state index is 0.395. The van der Waals surface area contributed by atoms with Crippen molar-refractivity contribution in [1.82, 2.24) is 14.9 Å². The minimum atomic E-state index is 0.395. The number of nitrogens with zero attached hydrogens (tertiary/aromatic N) is 3. The molecule has 0 amide bonds. The van der Waals surface area contributed by atoms with Gasteiger partial charge in [-0.1, -0.05) is 13.8 Å². The molecule has 1 aliphatic rings. The number of likely N-dealkylation sites (tertiary alicyclic amines) is 1. The zero-order valence-electron chi connectivity index (χ0n) is 14.0. The quantitative estimate of drug-likeness (QED) is 0.873. The van der Waals surface area contributed by atoms with E-state index in [-0.39, 0.29) is 0 Å². The van der Waals surface area contributed by atoms with Gasteiger partial charge in [0.2, 0.25) is 0 Å². The largest absolute Gasteiger partial charge is 0.370 e. The van der Waals surface area contributed by atoms with Gasteiger partial charge in [-0.25, -0.2) is 9.97 Å². The first-order valence-electron chi connectivity index (χ1n) is 8.08. The smallest absolute Gasteiger partial charge is 0.135 e. The van der Waals surface area contributed by atoms with Crippen LogP contribution in [-0.2, 0) is 0 Å². The molecule has 5 heteroatoms. The van der Waals surface area contributed by atoms with E-state index in [4.69, 9.17) is 0 Å². The Balaban J connectivity index is 2.17. The van der Waals surface area contributed by atoms with E-state index in [2.05, 4.69) is 60.2 Å². The Morgan fingerprint density at radius 3 is 2.67 bits per heavy atom. The third-order valence-corrected chi connectivity index (χ3v) is 4.35. The van der Waals surface area contributed by atoms with Crippen LogP contribution in [0.5, 0.6) is 0 Å². The van der Waals surface area contributed by atoms with Crippen LogP contribution in [-0.4, -0.2) is 47.1 Å². The molecule has 0 radical (unpaired) electrons. The molecule has 0 saturated carbocycles. The van der Waals surface area contributed by atoms with E-state index < -0.39 is 0 Å². The number of hydrogen-bond acceptors (Lipinski definition) is 5. The number of nitrogens with one attached hydrogen (secondary N) is 2. The summed E-state index contributed by atoms with van der Waals surface area (Å²) in [5.41, 5.74) is 1.20. The van der Waals surface area contributed by atoms with Gasteiger partial charge in [-0.2, -0.15) is 0 Å². The average Bonchev–Trinajstić information content (AvgIpc) is 2.43. The Morgan fingerprint density at radius 1 is 1.33 bits per heavy atom.